The topological polar surface area (TPSA) is 27.8 Å². The molecule has 2 unspecified atom stereocenters. The van der Waals surface area contributed by atoms with Crippen molar-refractivity contribution < 1.29 is 0 Å². The fourth-order valence-electron chi connectivity index (χ4n) is 3.73. The van der Waals surface area contributed by atoms with Crippen LogP contribution < -0.4 is 5.32 Å². The number of aromatic nitrogens is 1. The first-order valence-electron chi connectivity index (χ1n) is 8.04. The Morgan fingerprint density at radius 2 is 2.00 bits per heavy atom. The van der Waals surface area contributed by atoms with Crippen LogP contribution in [0.3, 0.4) is 0 Å². The Hall–Kier alpha value is -1.28. The number of H-pyrrole nitrogens is 1. The predicted molar refractivity (Wildman–Crippen MR) is 85.7 cm³/mol. The number of hydrogen-bond donors (Lipinski definition) is 2. The Kier molecular flexibility index (Phi) is 4.11. The zero-order valence-electron chi connectivity index (χ0n) is 12.7. The van der Waals surface area contributed by atoms with Gasteiger partial charge in [-0.3, -0.25) is 0 Å². The fraction of sp³-hybridized carbons (Fsp3) is 0.556. The monoisotopic (exact) mass is 270 g/mol. The van der Waals surface area contributed by atoms with E-state index in [1.807, 2.05) is 0 Å². The highest BCUT2D eigenvalue weighted by atomic mass is 14.9. The van der Waals surface area contributed by atoms with Crippen LogP contribution in [0.25, 0.3) is 10.9 Å². The van der Waals surface area contributed by atoms with Crippen LogP contribution in [0.2, 0.25) is 0 Å². The van der Waals surface area contributed by atoms with E-state index >= 15 is 0 Å². The molecule has 0 saturated heterocycles. The third kappa shape index (κ3) is 2.76. The van der Waals surface area contributed by atoms with Crippen molar-refractivity contribution in [2.45, 2.75) is 52.1 Å². The van der Waals surface area contributed by atoms with Gasteiger partial charge in [0.15, 0.2) is 0 Å². The largest absolute Gasteiger partial charge is 0.361 e. The summed E-state index contributed by atoms with van der Waals surface area (Å²) in [5.41, 5.74) is 2.64. The van der Waals surface area contributed by atoms with E-state index in [1.165, 1.54) is 42.1 Å². The van der Waals surface area contributed by atoms with Gasteiger partial charge in [0.1, 0.15) is 0 Å². The van der Waals surface area contributed by atoms with E-state index in [0.29, 0.717) is 6.04 Å². The molecular formula is C18H26N2. The molecule has 2 heteroatoms. The predicted octanol–water partition coefficient (Wildman–Crippen LogP) is 4.47. The Bertz CT molecular complexity index is 555. The van der Waals surface area contributed by atoms with Gasteiger partial charge < -0.3 is 10.3 Å². The Balaban J connectivity index is 1.69. The second-order valence-corrected chi connectivity index (χ2v) is 6.54. The number of para-hydroxylation sites is 1. The molecule has 0 bridgehead atoms. The van der Waals surface area contributed by atoms with Gasteiger partial charge in [-0.25, -0.2) is 0 Å². The van der Waals surface area contributed by atoms with Gasteiger partial charge in [-0.15, -0.1) is 0 Å². The molecule has 1 aromatic carbocycles. The maximum absolute atomic E-state index is 3.83. The zero-order valence-corrected chi connectivity index (χ0v) is 12.7. The molecule has 2 aromatic rings. The van der Waals surface area contributed by atoms with Gasteiger partial charge in [-0.1, -0.05) is 44.9 Å². The number of benzene rings is 1. The van der Waals surface area contributed by atoms with Gasteiger partial charge in [0, 0.05) is 29.7 Å². The highest BCUT2D eigenvalue weighted by Gasteiger charge is 2.27. The zero-order chi connectivity index (χ0) is 13.9. The van der Waals surface area contributed by atoms with Gasteiger partial charge >= 0.3 is 0 Å². The normalized spacial score (nSPS) is 23.6. The Labute approximate surface area is 122 Å². The van der Waals surface area contributed by atoms with Crippen molar-refractivity contribution in [3.8, 4) is 0 Å². The fourth-order valence-corrected chi connectivity index (χ4v) is 3.73. The number of fused-ring (bicyclic) bond motifs is 1. The highest BCUT2D eigenvalue weighted by Crippen LogP contribution is 2.30. The second kappa shape index (κ2) is 6.01. The average molecular weight is 270 g/mol. The minimum atomic E-state index is 0.692. The molecule has 2 N–H and O–H groups in total. The highest BCUT2D eigenvalue weighted by molar-refractivity contribution is 5.82. The first-order valence-corrected chi connectivity index (χ1v) is 8.04. The Morgan fingerprint density at radius 1 is 1.20 bits per heavy atom. The maximum Gasteiger partial charge on any atom is 0.0457 e. The summed E-state index contributed by atoms with van der Waals surface area (Å²) in [6, 6.07) is 9.26. The lowest BCUT2D eigenvalue weighted by molar-refractivity contribution is 0.205. The van der Waals surface area contributed by atoms with Gasteiger partial charge in [0.25, 0.3) is 0 Å². The van der Waals surface area contributed by atoms with Crippen LogP contribution in [-0.4, -0.2) is 11.0 Å². The van der Waals surface area contributed by atoms with Crippen molar-refractivity contribution in [3.05, 3.63) is 36.0 Å². The summed E-state index contributed by atoms with van der Waals surface area (Å²) in [6.07, 6.45) is 7.68. The molecule has 3 rings (SSSR count). The molecule has 0 radical (unpaired) electrons. The van der Waals surface area contributed by atoms with E-state index in [9.17, 15) is 0 Å². The SMILES string of the molecule is CC(C)C1CCCCC1NCc1c[nH]c2ccccc12. The lowest BCUT2D eigenvalue weighted by Gasteiger charge is -2.35. The standard InChI is InChI=1S/C18H26N2/c1-13(2)15-7-3-5-9-17(15)19-11-14-12-20-18-10-6-4-8-16(14)18/h4,6,8,10,12-13,15,17,19-20H,3,5,7,9,11H2,1-2H3. The van der Waals surface area contributed by atoms with Crippen molar-refractivity contribution in [3.63, 3.8) is 0 Å². The molecule has 0 aliphatic heterocycles. The smallest absolute Gasteiger partial charge is 0.0457 e. The summed E-state index contributed by atoms with van der Waals surface area (Å²) in [7, 11) is 0. The van der Waals surface area contributed by atoms with Crippen molar-refractivity contribution in [1.82, 2.24) is 10.3 Å². The van der Waals surface area contributed by atoms with E-state index in [4.69, 9.17) is 0 Å². The molecule has 2 nitrogen and oxygen atoms in total. The van der Waals surface area contributed by atoms with Crippen molar-refractivity contribution in [2.75, 3.05) is 0 Å². The van der Waals surface area contributed by atoms with Crippen LogP contribution in [-0.2, 0) is 6.54 Å². The molecule has 1 aliphatic carbocycles. The molecule has 1 fully saturated rings. The van der Waals surface area contributed by atoms with E-state index in [0.717, 1.165) is 18.4 Å². The van der Waals surface area contributed by atoms with Crippen LogP contribution in [0.15, 0.2) is 30.5 Å². The number of hydrogen-bond acceptors (Lipinski definition) is 1. The van der Waals surface area contributed by atoms with Crippen LogP contribution in [0.1, 0.15) is 45.1 Å². The Morgan fingerprint density at radius 3 is 2.85 bits per heavy atom. The average Bonchev–Trinajstić information content (AvgIpc) is 2.88. The summed E-state index contributed by atoms with van der Waals surface area (Å²) >= 11 is 0. The van der Waals surface area contributed by atoms with Crippen molar-refractivity contribution in [1.29, 1.82) is 0 Å². The summed E-state index contributed by atoms with van der Waals surface area (Å²) in [5.74, 6) is 1.63. The quantitative estimate of drug-likeness (QED) is 0.842. The third-order valence-corrected chi connectivity index (χ3v) is 4.91. The third-order valence-electron chi connectivity index (χ3n) is 4.91. The molecule has 108 valence electrons. The summed E-state index contributed by atoms with van der Waals surface area (Å²) < 4.78 is 0. The molecule has 2 atom stereocenters. The lowest BCUT2D eigenvalue weighted by Crippen LogP contribution is -2.40. The van der Waals surface area contributed by atoms with Crippen molar-refractivity contribution in [2.24, 2.45) is 11.8 Å². The first-order chi connectivity index (χ1) is 9.75. The van der Waals surface area contributed by atoms with Crippen molar-refractivity contribution >= 4 is 10.9 Å². The molecule has 1 saturated carbocycles. The summed E-state index contributed by atoms with van der Waals surface area (Å²) in [5, 5.41) is 5.19. The number of aromatic amines is 1. The number of nitrogens with one attached hydrogen (secondary N) is 2. The number of rotatable bonds is 4. The molecule has 1 heterocycles. The van der Waals surface area contributed by atoms with Crippen LogP contribution >= 0.6 is 0 Å². The van der Waals surface area contributed by atoms with Crippen LogP contribution in [0.4, 0.5) is 0 Å². The van der Waals surface area contributed by atoms with Crippen LogP contribution in [0, 0.1) is 11.8 Å². The van der Waals surface area contributed by atoms with E-state index in [2.05, 4.69) is 54.6 Å². The summed E-state index contributed by atoms with van der Waals surface area (Å²) in [4.78, 5) is 3.37. The molecule has 20 heavy (non-hydrogen) atoms. The van der Waals surface area contributed by atoms with Crippen LogP contribution in [0.5, 0.6) is 0 Å². The first kappa shape index (κ1) is 13.7. The maximum atomic E-state index is 3.83. The minimum absolute atomic E-state index is 0.692. The van der Waals surface area contributed by atoms with E-state index in [1.54, 1.807) is 0 Å². The lowest BCUT2D eigenvalue weighted by atomic mass is 9.78. The van der Waals surface area contributed by atoms with Gasteiger partial charge in [-0.05, 0) is 36.3 Å². The molecule has 0 amide bonds. The summed E-state index contributed by atoms with van der Waals surface area (Å²) in [6.45, 7) is 5.73. The van der Waals surface area contributed by atoms with E-state index in [-0.39, 0.29) is 0 Å². The minimum Gasteiger partial charge on any atom is -0.361 e. The molecule has 0 spiro atoms. The van der Waals surface area contributed by atoms with Gasteiger partial charge in [-0.2, -0.15) is 0 Å². The molecular weight excluding hydrogens is 244 g/mol. The van der Waals surface area contributed by atoms with E-state index < -0.39 is 0 Å². The van der Waals surface area contributed by atoms with Gasteiger partial charge in [0.2, 0.25) is 0 Å². The van der Waals surface area contributed by atoms with Gasteiger partial charge in [0.05, 0.1) is 0 Å². The second-order valence-electron chi connectivity index (χ2n) is 6.54. The molecule has 1 aliphatic rings. The molecule has 1 aromatic heterocycles.